The lowest BCUT2D eigenvalue weighted by atomic mass is 9.97. The first kappa shape index (κ1) is 8.56. The van der Waals surface area contributed by atoms with Crippen LogP contribution in [0.25, 0.3) is 0 Å². The van der Waals surface area contributed by atoms with Crippen LogP contribution in [-0.4, -0.2) is 6.54 Å². The molecule has 1 aliphatic rings. The summed E-state index contributed by atoms with van der Waals surface area (Å²) in [5.74, 6) is -2.82. The minimum Gasteiger partial charge on any atom is -0.310 e. The van der Waals surface area contributed by atoms with E-state index in [1.54, 1.807) is 0 Å². The highest BCUT2D eigenvalue weighted by molar-refractivity contribution is 5.24. The van der Waals surface area contributed by atoms with E-state index in [1.807, 2.05) is 0 Å². The molecule has 0 amide bonds. The Morgan fingerprint density at radius 3 is 2.23 bits per heavy atom. The normalized spacial score (nSPS) is 21.3. The second-order valence-electron chi connectivity index (χ2n) is 3.08. The smallest absolute Gasteiger partial charge is 0.161 e. The highest BCUT2D eigenvalue weighted by atomic mass is 19.2. The molecule has 70 valence electrons. The molecule has 13 heavy (non-hydrogen) atoms. The van der Waals surface area contributed by atoms with Crippen molar-refractivity contribution in [3.8, 4) is 0 Å². The molecule has 1 atom stereocenters. The van der Waals surface area contributed by atoms with E-state index in [1.165, 1.54) is 0 Å². The van der Waals surface area contributed by atoms with Gasteiger partial charge in [-0.05, 0) is 19.0 Å². The van der Waals surface area contributed by atoms with Crippen molar-refractivity contribution in [3.05, 3.63) is 35.1 Å². The Labute approximate surface area is 73.6 Å². The number of nitrogens with one attached hydrogen (secondary N) is 1. The minimum absolute atomic E-state index is 0.157. The zero-order valence-electron chi connectivity index (χ0n) is 6.78. The first-order valence-corrected chi connectivity index (χ1v) is 4.06. The van der Waals surface area contributed by atoms with Crippen LogP contribution in [0.1, 0.15) is 18.0 Å². The van der Waals surface area contributed by atoms with Crippen molar-refractivity contribution in [2.75, 3.05) is 6.54 Å². The number of rotatable bonds is 1. The molecule has 4 heteroatoms. The molecule has 1 aliphatic heterocycles. The molecule has 1 saturated heterocycles. The van der Waals surface area contributed by atoms with Gasteiger partial charge in [0.15, 0.2) is 11.6 Å². The van der Waals surface area contributed by atoms with Crippen LogP contribution in [0, 0.1) is 17.5 Å². The zero-order valence-corrected chi connectivity index (χ0v) is 6.78. The Bertz CT molecular complexity index is 334. The molecule has 2 rings (SSSR count). The van der Waals surface area contributed by atoms with Crippen LogP contribution in [0.2, 0.25) is 0 Å². The molecule has 0 radical (unpaired) electrons. The van der Waals surface area contributed by atoms with Crippen LogP contribution in [0.3, 0.4) is 0 Å². The van der Waals surface area contributed by atoms with E-state index >= 15 is 0 Å². The van der Waals surface area contributed by atoms with Gasteiger partial charge in [-0.2, -0.15) is 0 Å². The second-order valence-corrected chi connectivity index (χ2v) is 3.08. The lowest BCUT2D eigenvalue weighted by Gasteiger charge is -2.28. The molecule has 0 aliphatic carbocycles. The summed E-state index contributed by atoms with van der Waals surface area (Å²) in [5.41, 5.74) is 0.213. The summed E-state index contributed by atoms with van der Waals surface area (Å²) >= 11 is 0. The van der Waals surface area contributed by atoms with Crippen molar-refractivity contribution in [1.29, 1.82) is 0 Å². The Morgan fingerprint density at radius 1 is 1.08 bits per heavy atom. The highest BCUT2D eigenvalue weighted by Gasteiger charge is 2.23. The molecule has 0 bridgehead atoms. The lowest BCUT2D eigenvalue weighted by molar-refractivity contribution is 0.365. The number of halogens is 3. The van der Waals surface area contributed by atoms with Gasteiger partial charge in [-0.3, -0.25) is 0 Å². The Balaban J connectivity index is 2.39. The van der Waals surface area contributed by atoms with Gasteiger partial charge in [-0.25, -0.2) is 13.2 Å². The predicted octanol–water partition coefficient (Wildman–Crippen LogP) is 2.14. The van der Waals surface area contributed by atoms with Crippen molar-refractivity contribution in [2.45, 2.75) is 12.5 Å². The SMILES string of the molecule is Fc1cc(F)c([C@H]2CCN2)cc1F. The summed E-state index contributed by atoms with van der Waals surface area (Å²) in [4.78, 5) is 0. The summed E-state index contributed by atoms with van der Waals surface area (Å²) in [6.45, 7) is 0.795. The molecule has 0 unspecified atom stereocenters. The molecule has 0 aromatic heterocycles. The predicted molar refractivity (Wildman–Crippen MR) is 41.7 cm³/mol. The van der Waals surface area contributed by atoms with Crippen LogP contribution in [0.4, 0.5) is 13.2 Å². The number of benzene rings is 1. The summed E-state index contributed by atoms with van der Waals surface area (Å²) < 4.78 is 38.3. The molecular formula is C9H8F3N. The first-order chi connectivity index (χ1) is 6.18. The Hall–Kier alpha value is -1.03. The van der Waals surface area contributed by atoms with Gasteiger partial charge >= 0.3 is 0 Å². The molecule has 1 aromatic rings. The maximum Gasteiger partial charge on any atom is 0.161 e. The van der Waals surface area contributed by atoms with Gasteiger partial charge in [-0.15, -0.1) is 0 Å². The fourth-order valence-electron chi connectivity index (χ4n) is 1.36. The molecule has 1 heterocycles. The standard InChI is InChI=1S/C9H8F3N/c10-6-4-8(12)7(11)3-5(6)9-1-2-13-9/h3-4,9,13H,1-2H2/t9-/m1/s1. The third-order valence-corrected chi connectivity index (χ3v) is 2.24. The second kappa shape index (κ2) is 3.03. The highest BCUT2D eigenvalue weighted by Crippen LogP contribution is 2.26. The maximum atomic E-state index is 13.1. The molecule has 1 aromatic carbocycles. The summed E-state index contributed by atoms with van der Waals surface area (Å²) in [6, 6.07) is 1.35. The van der Waals surface area contributed by atoms with E-state index in [2.05, 4.69) is 5.32 Å². The van der Waals surface area contributed by atoms with Crippen molar-refractivity contribution >= 4 is 0 Å². The van der Waals surface area contributed by atoms with Crippen LogP contribution < -0.4 is 5.32 Å². The molecule has 0 saturated carbocycles. The number of hydrogen-bond donors (Lipinski definition) is 1. The molecule has 0 spiro atoms. The van der Waals surface area contributed by atoms with Gasteiger partial charge in [-0.1, -0.05) is 0 Å². The van der Waals surface area contributed by atoms with E-state index in [9.17, 15) is 13.2 Å². The summed E-state index contributed by atoms with van der Waals surface area (Å²) in [5, 5.41) is 2.92. The fourth-order valence-corrected chi connectivity index (χ4v) is 1.36. The zero-order chi connectivity index (χ0) is 9.42. The minimum atomic E-state index is -1.14. The third-order valence-electron chi connectivity index (χ3n) is 2.24. The van der Waals surface area contributed by atoms with E-state index in [4.69, 9.17) is 0 Å². The van der Waals surface area contributed by atoms with Gasteiger partial charge in [0.05, 0.1) is 0 Å². The largest absolute Gasteiger partial charge is 0.310 e. The molecule has 1 nitrogen and oxygen atoms in total. The molecule has 1 N–H and O–H groups in total. The van der Waals surface area contributed by atoms with Gasteiger partial charge in [0, 0.05) is 17.7 Å². The van der Waals surface area contributed by atoms with Gasteiger partial charge in [0.2, 0.25) is 0 Å². The van der Waals surface area contributed by atoms with E-state index in [0.29, 0.717) is 6.07 Å². The van der Waals surface area contributed by atoms with Crippen LogP contribution in [-0.2, 0) is 0 Å². The van der Waals surface area contributed by atoms with Gasteiger partial charge in [0.1, 0.15) is 5.82 Å². The van der Waals surface area contributed by atoms with Crippen molar-refractivity contribution in [2.24, 2.45) is 0 Å². The third kappa shape index (κ3) is 1.42. The Kier molecular flexibility index (Phi) is 2.00. The van der Waals surface area contributed by atoms with Crippen LogP contribution >= 0.6 is 0 Å². The van der Waals surface area contributed by atoms with Crippen molar-refractivity contribution in [1.82, 2.24) is 5.32 Å². The lowest BCUT2D eigenvalue weighted by Crippen LogP contribution is -2.35. The van der Waals surface area contributed by atoms with E-state index < -0.39 is 17.5 Å². The molecular weight excluding hydrogens is 179 g/mol. The van der Waals surface area contributed by atoms with Gasteiger partial charge < -0.3 is 5.32 Å². The first-order valence-electron chi connectivity index (χ1n) is 4.06. The van der Waals surface area contributed by atoms with Gasteiger partial charge in [0.25, 0.3) is 0 Å². The summed E-state index contributed by atoms with van der Waals surface area (Å²) in [6.07, 6.45) is 0.766. The summed E-state index contributed by atoms with van der Waals surface area (Å²) in [7, 11) is 0. The van der Waals surface area contributed by atoms with Crippen molar-refractivity contribution in [3.63, 3.8) is 0 Å². The quantitative estimate of drug-likeness (QED) is 0.664. The maximum absolute atomic E-state index is 13.1. The fraction of sp³-hybridized carbons (Fsp3) is 0.333. The average molecular weight is 187 g/mol. The number of hydrogen-bond acceptors (Lipinski definition) is 1. The van der Waals surface area contributed by atoms with Crippen LogP contribution in [0.15, 0.2) is 12.1 Å². The van der Waals surface area contributed by atoms with Crippen LogP contribution in [0.5, 0.6) is 0 Å². The van der Waals surface area contributed by atoms with E-state index in [-0.39, 0.29) is 11.6 Å². The molecule has 1 fully saturated rings. The Morgan fingerprint density at radius 2 is 1.69 bits per heavy atom. The monoisotopic (exact) mass is 187 g/mol. The van der Waals surface area contributed by atoms with E-state index in [0.717, 1.165) is 19.0 Å². The topological polar surface area (TPSA) is 12.0 Å². The average Bonchev–Trinajstić information content (AvgIpc) is 1.96. The van der Waals surface area contributed by atoms with Crippen molar-refractivity contribution < 1.29 is 13.2 Å².